The van der Waals surface area contributed by atoms with E-state index in [2.05, 4.69) is 9.88 Å². The number of likely N-dealkylation sites (N-methyl/N-ethyl adjacent to an activating group) is 1. The first kappa shape index (κ1) is 14.3. The monoisotopic (exact) mass is 273 g/mol. The summed E-state index contributed by atoms with van der Waals surface area (Å²) in [5.74, 6) is 0.178. The minimum absolute atomic E-state index is 0.324. The molecule has 0 amide bonds. The Kier molecular flexibility index (Phi) is 4.53. The molecule has 0 unspecified atom stereocenters. The number of benzene rings is 1. The first-order chi connectivity index (χ1) is 9.56. The van der Waals surface area contributed by atoms with Crippen molar-refractivity contribution in [1.82, 2.24) is 14.5 Å². The molecular formula is C15H19N3O2. The molecule has 0 saturated heterocycles. The van der Waals surface area contributed by atoms with E-state index >= 15 is 0 Å². The van der Waals surface area contributed by atoms with Crippen molar-refractivity contribution in [1.29, 1.82) is 0 Å². The Balaban J connectivity index is 1.86. The van der Waals surface area contributed by atoms with E-state index in [1.54, 1.807) is 18.3 Å². The summed E-state index contributed by atoms with van der Waals surface area (Å²) in [6, 6.07) is 7.01. The normalized spacial score (nSPS) is 10.9. The van der Waals surface area contributed by atoms with E-state index < -0.39 is 5.97 Å². The SMILES string of the molecule is CN(CCc1nccn1C)Cc1ccc(C(=O)O)cc1. The summed E-state index contributed by atoms with van der Waals surface area (Å²) in [5, 5.41) is 8.85. The molecule has 0 atom stereocenters. The molecule has 0 aliphatic carbocycles. The van der Waals surface area contributed by atoms with Crippen LogP contribution in [-0.2, 0) is 20.0 Å². The maximum Gasteiger partial charge on any atom is 0.335 e. The van der Waals surface area contributed by atoms with Crippen LogP contribution in [-0.4, -0.2) is 39.1 Å². The van der Waals surface area contributed by atoms with Crippen molar-refractivity contribution in [3.05, 3.63) is 53.6 Å². The van der Waals surface area contributed by atoms with Crippen LogP contribution < -0.4 is 0 Å². The number of rotatable bonds is 6. The van der Waals surface area contributed by atoms with Crippen molar-refractivity contribution >= 4 is 5.97 Å². The topological polar surface area (TPSA) is 58.4 Å². The zero-order valence-corrected chi connectivity index (χ0v) is 11.8. The molecule has 1 heterocycles. The number of carboxylic acid groups (broad SMARTS) is 1. The van der Waals surface area contributed by atoms with Crippen molar-refractivity contribution in [3.63, 3.8) is 0 Å². The molecule has 0 fully saturated rings. The van der Waals surface area contributed by atoms with Crippen LogP contribution in [0.25, 0.3) is 0 Å². The lowest BCUT2D eigenvalue weighted by atomic mass is 10.1. The molecular weight excluding hydrogens is 254 g/mol. The van der Waals surface area contributed by atoms with E-state index in [0.29, 0.717) is 5.56 Å². The standard InChI is InChI=1S/C15H19N3O2/c1-17(9-7-14-16-8-10-18(14)2)11-12-3-5-13(6-4-12)15(19)20/h3-6,8,10H,7,9,11H2,1-2H3,(H,19,20). The predicted octanol–water partition coefficient (Wildman–Crippen LogP) is 1.79. The highest BCUT2D eigenvalue weighted by molar-refractivity contribution is 5.87. The zero-order valence-electron chi connectivity index (χ0n) is 11.8. The fraction of sp³-hybridized carbons (Fsp3) is 0.333. The molecule has 0 spiro atoms. The van der Waals surface area contributed by atoms with Gasteiger partial charge in [0.15, 0.2) is 0 Å². The largest absolute Gasteiger partial charge is 0.478 e. The van der Waals surface area contributed by atoms with Crippen LogP contribution in [0.4, 0.5) is 0 Å². The van der Waals surface area contributed by atoms with Crippen LogP contribution in [0.3, 0.4) is 0 Å². The number of hydrogen-bond acceptors (Lipinski definition) is 3. The van der Waals surface area contributed by atoms with Crippen molar-refractivity contribution in [2.24, 2.45) is 7.05 Å². The molecule has 0 aliphatic rings. The lowest BCUT2D eigenvalue weighted by Gasteiger charge is -2.16. The van der Waals surface area contributed by atoms with Crippen molar-refractivity contribution in [2.45, 2.75) is 13.0 Å². The van der Waals surface area contributed by atoms with Crippen LogP contribution in [0.15, 0.2) is 36.7 Å². The Morgan fingerprint density at radius 2 is 2.05 bits per heavy atom. The number of carboxylic acids is 1. The van der Waals surface area contributed by atoms with Gasteiger partial charge in [-0.3, -0.25) is 0 Å². The zero-order chi connectivity index (χ0) is 14.5. The summed E-state index contributed by atoms with van der Waals surface area (Å²) < 4.78 is 2.02. The highest BCUT2D eigenvalue weighted by Crippen LogP contribution is 2.07. The second kappa shape index (κ2) is 6.34. The molecule has 2 aromatic rings. The smallest absolute Gasteiger partial charge is 0.335 e. The highest BCUT2D eigenvalue weighted by atomic mass is 16.4. The van der Waals surface area contributed by atoms with E-state index in [4.69, 9.17) is 5.11 Å². The van der Waals surface area contributed by atoms with Gasteiger partial charge in [-0.25, -0.2) is 9.78 Å². The van der Waals surface area contributed by atoms with Crippen molar-refractivity contribution in [3.8, 4) is 0 Å². The Bertz CT molecular complexity index is 575. The third-order valence-corrected chi connectivity index (χ3v) is 3.29. The molecule has 1 N–H and O–H groups in total. The second-order valence-corrected chi connectivity index (χ2v) is 4.94. The molecule has 2 rings (SSSR count). The Morgan fingerprint density at radius 3 is 2.60 bits per heavy atom. The van der Waals surface area contributed by atoms with Gasteiger partial charge in [-0.15, -0.1) is 0 Å². The van der Waals surface area contributed by atoms with Crippen molar-refractivity contribution < 1.29 is 9.90 Å². The lowest BCUT2D eigenvalue weighted by molar-refractivity contribution is 0.0697. The van der Waals surface area contributed by atoms with Crippen LogP contribution >= 0.6 is 0 Å². The highest BCUT2D eigenvalue weighted by Gasteiger charge is 2.05. The number of aromatic nitrogens is 2. The molecule has 5 heteroatoms. The third kappa shape index (κ3) is 3.68. The third-order valence-electron chi connectivity index (χ3n) is 3.29. The van der Waals surface area contributed by atoms with E-state index in [1.165, 1.54) is 0 Å². The van der Waals surface area contributed by atoms with Gasteiger partial charge in [0.2, 0.25) is 0 Å². The fourth-order valence-corrected chi connectivity index (χ4v) is 2.07. The average Bonchev–Trinajstić information content (AvgIpc) is 2.82. The lowest BCUT2D eigenvalue weighted by Crippen LogP contribution is -2.21. The number of carbonyl (C=O) groups is 1. The number of nitrogens with zero attached hydrogens (tertiary/aromatic N) is 3. The first-order valence-corrected chi connectivity index (χ1v) is 6.53. The summed E-state index contributed by atoms with van der Waals surface area (Å²) in [7, 11) is 4.04. The fourth-order valence-electron chi connectivity index (χ4n) is 2.07. The molecule has 5 nitrogen and oxygen atoms in total. The summed E-state index contributed by atoms with van der Waals surface area (Å²) in [6.45, 7) is 1.70. The van der Waals surface area contributed by atoms with E-state index in [0.717, 1.165) is 30.9 Å². The molecule has 20 heavy (non-hydrogen) atoms. The van der Waals surface area contributed by atoms with Crippen LogP contribution in [0.1, 0.15) is 21.7 Å². The van der Waals surface area contributed by atoms with E-state index in [-0.39, 0.29) is 0 Å². The summed E-state index contributed by atoms with van der Waals surface area (Å²) in [4.78, 5) is 17.3. The van der Waals surface area contributed by atoms with Gasteiger partial charge in [-0.05, 0) is 24.7 Å². The molecule has 0 saturated carbocycles. The van der Waals surface area contributed by atoms with Gasteiger partial charge in [0, 0.05) is 39.0 Å². The molecule has 0 radical (unpaired) electrons. The van der Waals surface area contributed by atoms with Crippen LogP contribution in [0.5, 0.6) is 0 Å². The van der Waals surface area contributed by atoms with Crippen LogP contribution in [0, 0.1) is 0 Å². The predicted molar refractivity (Wildman–Crippen MR) is 76.6 cm³/mol. The van der Waals surface area contributed by atoms with Gasteiger partial charge in [0.1, 0.15) is 5.82 Å². The maximum atomic E-state index is 10.8. The van der Waals surface area contributed by atoms with E-state index in [1.807, 2.05) is 37.0 Å². The minimum Gasteiger partial charge on any atom is -0.478 e. The molecule has 0 bridgehead atoms. The first-order valence-electron chi connectivity index (χ1n) is 6.53. The Labute approximate surface area is 118 Å². The van der Waals surface area contributed by atoms with Gasteiger partial charge < -0.3 is 14.6 Å². The van der Waals surface area contributed by atoms with Gasteiger partial charge in [0.05, 0.1) is 5.56 Å². The molecule has 0 aliphatic heterocycles. The van der Waals surface area contributed by atoms with Gasteiger partial charge in [0.25, 0.3) is 0 Å². The molecule has 1 aromatic carbocycles. The van der Waals surface area contributed by atoms with Crippen LogP contribution in [0.2, 0.25) is 0 Å². The molecule has 1 aromatic heterocycles. The summed E-state index contributed by atoms with van der Waals surface area (Å²) in [6.07, 6.45) is 4.65. The maximum absolute atomic E-state index is 10.8. The van der Waals surface area contributed by atoms with Gasteiger partial charge in [-0.1, -0.05) is 12.1 Å². The van der Waals surface area contributed by atoms with Gasteiger partial charge in [-0.2, -0.15) is 0 Å². The van der Waals surface area contributed by atoms with Gasteiger partial charge >= 0.3 is 5.97 Å². The second-order valence-electron chi connectivity index (χ2n) is 4.94. The molecule has 106 valence electrons. The number of imidazole rings is 1. The summed E-state index contributed by atoms with van der Waals surface area (Å²) >= 11 is 0. The number of aromatic carboxylic acids is 1. The average molecular weight is 273 g/mol. The quantitative estimate of drug-likeness (QED) is 0.872. The number of hydrogen-bond donors (Lipinski definition) is 1. The minimum atomic E-state index is -0.889. The summed E-state index contributed by atoms with van der Waals surface area (Å²) in [5.41, 5.74) is 1.43. The Hall–Kier alpha value is -2.14. The van der Waals surface area contributed by atoms with E-state index in [9.17, 15) is 4.79 Å². The Morgan fingerprint density at radius 1 is 1.35 bits per heavy atom. The van der Waals surface area contributed by atoms with Crippen molar-refractivity contribution in [2.75, 3.05) is 13.6 Å². The number of aryl methyl sites for hydroxylation is 1.